The lowest BCUT2D eigenvalue weighted by molar-refractivity contribution is -0.170. The first-order valence-electron chi connectivity index (χ1n) is 44.0. The highest BCUT2D eigenvalue weighted by Crippen LogP contribution is 2.32. The zero-order valence-corrected chi connectivity index (χ0v) is 75.3. The largest absolute Gasteiger partial charge is 0.466 e. The normalized spacial score (nSPS) is 23.4. The van der Waals surface area contributed by atoms with Crippen LogP contribution in [0.15, 0.2) is 75.9 Å². The lowest BCUT2D eigenvalue weighted by atomic mass is 9.85. The van der Waals surface area contributed by atoms with Crippen molar-refractivity contribution in [2.45, 2.75) is 330 Å². The number of allylic oxidation sites excluding steroid dienone is 4. The molecular formula is C102H176O31. The van der Waals surface area contributed by atoms with E-state index in [9.17, 15) is 67.1 Å². The van der Waals surface area contributed by atoms with Gasteiger partial charge in [0.2, 0.25) is 0 Å². The molecule has 0 aromatic carbocycles. The molecule has 3 aliphatic carbocycles. The van der Waals surface area contributed by atoms with Gasteiger partial charge >= 0.3 is 47.8 Å². The third-order valence-corrected chi connectivity index (χ3v) is 19.6. The summed E-state index contributed by atoms with van der Waals surface area (Å²) in [4.78, 5) is 151. The van der Waals surface area contributed by atoms with Crippen LogP contribution in [0.3, 0.4) is 0 Å². The molecule has 10 aliphatic heterocycles. The Morgan fingerprint density at radius 2 is 0.902 bits per heavy atom. The highest BCUT2D eigenvalue weighted by molar-refractivity contribution is 5.89. The van der Waals surface area contributed by atoms with Crippen molar-refractivity contribution in [3.63, 3.8) is 0 Å². The predicted molar refractivity (Wildman–Crippen MR) is 515 cm³/mol. The highest BCUT2D eigenvalue weighted by Gasteiger charge is 2.41. The summed E-state index contributed by atoms with van der Waals surface area (Å²) in [5, 5.41) is 0. The fourth-order valence-corrected chi connectivity index (χ4v) is 11.2. The fourth-order valence-electron chi connectivity index (χ4n) is 11.2. The first kappa shape index (κ1) is 140. The van der Waals surface area contributed by atoms with Crippen molar-refractivity contribution in [2.75, 3.05) is 126 Å². The molecule has 0 radical (unpaired) electrons. The van der Waals surface area contributed by atoms with Gasteiger partial charge in [0.05, 0.1) is 109 Å². The van der Waals surface area contributed by atoms with E-state index in [1.165, 1.54) is 25.3 Å². The van der Waals surface area contributed by atoms with Gasteiger partial charge in [0.25, 0.3) is 0 Å². The summed E-state index contributed by atoms with van der Waals surface area (Å²) < 4.78 is 82.9. The lowest BCUT2D eigenvalue weighted by Gasteiger charge is -2.29. The first-order chi connectivity index (χ1) is 60.0. The minimum absolute atomic E-state index is 0. The summed E-state index contributed by atoms with van der Waals surface area (Å²) in [7, 11) is 0. The van der Waals surface area contributed by atoms with E-state index in [1.54, 1.807) is 45.1 Å². The first-order valence-corrected chi connectivity index (χ1v) is 44.0. The van der Waals surface area contributed by atoms with Crippen LogP contribution in [0.2, 0.25) is 0 Å². The molecule has 0 bridgehead atoms. The molecule has 10 saturated heterocycles. The van der Waals surface area contributed by atoms with Gasteiger partial charge in [-0.05, 0) is 125 Å². The van der Waals surface area contributed by atoms with Crippen LogP contribution in [0, 0.1) is 40.9 Å². The molecule has 13 fully saturated rings. The molecule has 3 saturated carbocycles. The van der Waals surface area contributed by atoms with Crippen LogP contribution in [0.1, 0.15) is 294 Å². The van der Waals surface area contributed by atoms with E-state index in [0.717, 1.165) is 123 Å². The number of cyclic esters (lactones) is 5. The summed E-state index contributed by atoms with van der Waals surface area (Å²) >= 11 is 0. The SMILES string of the molecule is C.C.C.C.C.C.C.C.C#CCC1CCCCC1=O.C=CC1CCCCC1=O.C=CCC1CCCCC1=O.C=CCCC(=O)COCC1CO1.C=CCCC(=O)OCC1CO1.C=CCOC(=O)C1(C)CCC(=O)OC1.C=CCOCC1CO1.CC1CO1.CCOC(=O)C1(C)CCC(=O)OC1.CCOC(C)OCC1CO1.O=C1CCC(=O)OC1.O=C1CCCCO1.O=C1CCOC(=O)CC1. The highest BCUT2D eigenvalue weighted by atomic mass is 16.7. The number of epoxide rings is 5. The molecular weight excluding hydrogens is 1720 g/mol. The number of carbonyl (C=O) groups excluding carboxylic acids is 14. The van der Waals surface area contributed by atoms with Gasteiger partial charge in [-0.1, -0.05) is 122 Å². The minimum atomic E-state index is -0.684. The number of rotatable bonds is 30. The molecule has 13 aliphatic rings. The van der Waals surface area contributed by atoms with Gasteiger partial charge in [-0.15, -0.1) is 45.2 Å². The van der Waals surface area contributed by atoms with E-state index in [1.807, 2.05) is 19.9 Å². The van der Waals surface area contributed by atoms with Crippen molar-refractivity contribution < 1.29 is 148 Å². The quantitative estimate of drug-likeness (QED) is 0.0123. The van der Waals surface area contributed by atoms with E-state index < -0.39 is 10.8 Å². The van der Waals surface area contributed by atoms with Crippen molar-refractivity contribution in [3.8, 4) is 12.3 Å². The van der Waals surface area contributed by atoms with E-state index >= 15 is 0 Å². The topological polar surface area (TPSA) is 412 Å². The molecule has 13 rings (SSSR count). The van der Waals surface area contributed by atoms with Crippen molar-refractivity contribution in [1.82, 2.24) is 0 Å². The molecule has 11 unspecified atom stereocenters. The van der Waals surface area contributed by atoms with E-state index in [-0.39, 0.29) is 214 Å². The molecule has 0 aromatic rings. The molecule has 770 valence electrons. The van der Waals surface area contributed by atoms with E-state index in [0.29, 0.717) is 158 Å². The summed E-state index contributed by atoms with van der Waals surface area (Å²) in [6.45, 7) is 42.3. The zero-order chi connectivity index (χ0) is 92.9. The molecule has 31 heteroatoms. The van der Waals surface area contributed by atoms with Crippen LogP contribution >= 0.6 is 0 Å². The van der Waals surface area contributed by atoms with Crippen LogP contribution in [-0.2, 0) is 148 Å². The van der Waals surface area contributed by atoms with Crippen LogP contribution in [0.25, 0.3) is 0 Å². The van der Waals surface area contributed by atoms with Gasteiger partial charge < -0.3 is 80.5 Å². The Morgan fingerprint density at radius 3 is 1.31 bits per heavy atom. The molecule has 0 N–H and O–H groups in total. The van der Waals surface area contributed by atoms with Crippen molar-refractivity contribution in [3.05, 3.63) is 75.9 Å². The van der Waals surface area contributed by atoms with Gasteiger partial charge in [0, 0.05) is 101 Å². The fraction of sp³-hybridized carbons (Fsp3) is 0.725. The Labute approximate surface area is 799 Å². The average Bonchev–Trinajstić information content (AvgIpc) is 1.64. The number of terminal acetylenes is 1. The maximum Gasteiger partial charge on any atom is 0.315 e. The smallest absolute Gasteiger partial charge is 0.315 e. The number of ether oxygens (including phenoxy) is 17. The average molecular weight is 1900 g/mol. The number of ketones is 6. The second kappa shape index (κ2) is 87.5. The number of Topliss-reactive ketones (excluding diaryl/α,β-unsaturated/α-hetero) is 6. The minimum Gasteiger partial charge on any atom is -0.466 e. The van der Waals surface area contributed by atoms with Crippen LogP contribution in [0.4, 0.5) is 0 Å². The maximum absolute atomic E-state index is 11.5. The number of esters is 8. The lowest BCUT2D eigenvalue weighted by Crippen LogP contribution is -2.39. The summed E-state index contributed by atoms with van der Waals surface area (Å²) in [5.74, 6) is 2.92. The Morgan fingerprint density at radius 1 is 0.451 bits per heavy atom. The number of carbonyl (C=O) groups is 14. The van der Waals surface area contributed by atoms with Gasteiger partial charge in [-0.2, -0.15) is 0 Å². The Balaban J connectivity index is -0.000000212. The van der Waals surface area contributed by atoms with Gasteiger partial charge in [0.15, 0.2) is 17.9 Å². The van der Waals surface area contributed by atoms with Gasteiger partial charge in [-0.3, -0.25) is 67.1 Å². The summed E-state index contributed by atoms with van der Waals surface area (Å²) in [6.07, 6.45) is 39.2. The zero-order valence-electron chi connectivity index (χ0n) is 75.3. The van der Waals surface area contributed by atoms with Gasteiger partial charge in [-0.25, -0.2) is 0 Å². The second-order valence-electron chi connectivity index (χ2n) is 31.3. The number of hydrogen-bond donors (Lipinski definition) is 0. The molecule has 0 amide bonds. The molecule has 133 heavy (non-hydrogen) atoms. The monoisotopic (exact) mass is 1900 g/mol. The van der Waals surface area contributed by atoms with Crippen molar-refractivity contribution in [2.24, 2.45) is 28.6 Å². The standard InChI is InChI=1S/C10H14O4.C9H14O4.C9H14O3.C9H14O.C9H12O.C8H12O3.C8H12O.C7H14O3.C6H8O3.C6H10O2.C5H6O3.C5H8O2.C3H6O.8CH4/c1-3-6-13-9(12)10(2)5-4-8(11)14-7-10;1-3-12-8(11)9(2)5-4-7(10)13-6-9;1-2-3-4-8(10)5-11-6-9-7-12-9;2*1-2-5-8-6-3-4-7-9(8)10;1-2-3-4-8(9)11-6-7-5-10-7;1-2-7-5-3-4-6-8(7)9;1-3-8-6(2)9-4-7-5-10-7;7-5-1-2-6(8)9-4-3-5;1-2-3-7-4-6-5-8-6;6-4-1-2-5(7)8-3-4;6-5-3-1-2-4-7-5;1-3-2-4-3;;;;;;;;/h3H,1,4-7H2,2H3;3-6H2,1-2H3;2,9H,1,3-7H2;2,8H,1,3-7H2;1,8H,3-7H2;2,7H,1,3-6H2;2,7H,1,3-6H2;6-7H,3-5H2,1-2H3;1-4H2;2,6H,1,3-5H2;1-3H2;1-4H2;3H,2H2,1H3;8*1H4. The number of hydrogen-bond acceptors (Lipinski definition) is 31. The Hall–Kier alpha value is -8.58. The molecule has 10 heterocycles. The third-order valence-electron chi connectivity index (χ3n) is 19.6. The molecule has 11 atom stereocenters. The maximum atomic E-state index is 11.5. The Bertz CT molecular complexity index is 3230. The van der Waals surface area contributed by atoms with E-state index in [4.69, 9.17) is 72.7 Å². The molecule has 31 nitrogen and oxygen atoms in total. The third kappa shape index (κ3) is 79.4. The summed E-state index contributed by atoms with van der Waals surface area (Å²) in [5.41, 5.74) is -1.32. The van der Waals surface area contributed by atoms with Gasteiger partial charge in [0.1, 0.15) is 87.2 Å². The Kier molecular flexibility index (Phi) is 92.0. The van der Waals surface area contributed by atoms with Crippen LogP contribution in [-0.4, -0.2) is 245 Å². The van der Waals surface area contributed by atoms with Crippen molar-refractivity contribution >= 4 is 82.5 Å². The summed E-state index contributed by atoms with van der Waals surface area (Å²) in [6, 6.07) is 0. The second-order valence-corrected chi connectivity index (χ2v) is 31.3. The van der Waals surface area contributed by atoms with Crippen LogP contribution < -0.4 is 0 Å². The van der Waals surface area contributed by atoms with E-state index in [2.05, 4.69) is 66.5 Å². The van der Waals surface area contributed by atoms with Crippen LogP contribution in [0.5, 0.6) is 0 Å². The molecule has 0 aromatic heterocycles. The molecule has 0 spiro atoms. The predicted octanol–water partition coefficient (Wildman–Crippen LogP) is 17.6. The van der Waals surface area contributed by atoms with Crippen molar-refractivity contribution in [1.29, 1.82) is 0 Å².